The summed E-state index contributed by atoms with van der Waals surface area (Å²) in [4.78, 5) is 0.189. The zero-order valence-electron chi connectivity index (χ0n) is 12.0. The summed E-state index contributed by atoms with van der Waals surface area (Å²) in [6.45, 7) is 0. The van der Waals surface area contributed by atoms with Crippen molar-refractivity contribution in [3.8, 4) is 0 Å². The van der Waals surface area contributed by atoms with Crippen LogP contribution in [0.25, 0.3) is 0 Å². The molecule has 2 bridgehead atoms. The van der Waals surface area contributed by atoms with Crippen LogP contribution >= 0.6 is 0 Å². The fourth-order valence-corrected chi connectivity index (χ4v) is 5.77. The summed E-state index contributed by atoms with van der Waals surface area (Å²) in [7, 11) is -3.62. The molecular formula is C16H22N2O2S. The Morgan fingerprint density at radius 3 is 2.71 bits per heavy atom. The monoisotopic (exact) mass is 306 g/mol. The number of anilines is 1. The van der Waals surface area contributed by atoms with Crippen molar-refractivity contribution in [2.24, 2.45) is 28.8 Å². The normalized spacial score (nSPS) is 37.7. The minimum absolute atomic E-state index is 0.189. The Bertz CT molecular complexity index is 658. The second-order valence-corrected chi connectivity index (χ2v) is 8.54. The highest BCUT2D eigenvalue weighted by atomic mass is 32.2. The Kier molecular flexibility index (Phi) is 3.05. The Balaban J connectivity index is 1.53. The third-order valence-corrected chi connectivity index (χ3v) is 6.85. The third-order valence-electron chi connectivity index (χ3n) is 5.94. The zero-order valence-corrected chi connectivity index (χ0v) is 12.9. The van der Waals surface area contributed by atoms with Gasteiger partial charge in [0.25, 0.3) is 0 Å². The van der Waals surface area contributed by atoms with Gasteiger partial charge in [0.05, 0.1) is 4.90 Å². The van der Waals surface area contributed by atoms with Crippen LogP contribution in [0.2, 0.25) is 0 Å². The molecule has 1 aromatic rings. The smallest absolute Gasteiger partial charge is 0.238 e. The van der Waals surface area contributed by atoms with Crippen LogP contribution in [0, 0.1) is 23.7 Å². The van der Waals surface area contributed by atoms with E-state index in [-0.39, 0.29) is 4.90 Å². The summed E-state index contributed by atoms with van der Waals surface area (Å²) < 4.78 is 22.9. The summed E-state index contributed by atoms with van der Waals surface area (Å²) in [6.07, 6.45) is 6.82. The molecule has 1 aromatic carbocycles. The molecule has 3 N–H and O–H groups in total. The predicted molar refractivity (Wildman–Crippen MR) is 82.3 cm³/mol. The number of rotatable bonds is 3. The van der Waals surface area contributed by atoms with Crippen LogP contribution < -0.4 is 10.5 Å². The van der Waals surface area contributed by atoms with Gasteiger partial charge in [0.1, 0.15) is 0 Å². The van der Waals surface area contributed by atoms with E-state index >= 15 is 0 Å². The Morgan fingerprint density at radius 2 is 1.90 bits per heavy atom. The second kappa shape index (κ2) is 4.71. The predicted octanol–water partition coefficient (Wildman–Crippen LogP) is 2.57. The molecular weight excluding hydrogens is 284 g/mol. The molecule has 0 spiro atoms. The van der Waals surface area contributed by atoms with Crippen LogP contribution in [0.4, 0.5) is 5.69 Å². The van der Waals surface area contributed by atoms with Gasteiger partial charge in [-0.05, 0) is 67.6 Å². The summed E-state index contributed by atoms with van der Waals surface area (Å²) in [6, 6.07) is 7.41. The lowest BCUT2D eigenvalue weighted by Crippen LogP contribution is -2.33. The molecule has 3 aliphatic carbocycles. The van der Waals surface area contributed by atoms with Gasteiger partial charge in [0.15, 0.2) is 0 Å². The first-order valence-corrected chi connectivity index (χ1v) is 9.46. The minimum Gasteiger partial charge on any atom is -0.382 e. The van der Waals surface area contributed by atoms with Gasteiger partial charge in [0.2, 0.25) is 10.0 Å². The highest BCUT2D eigenvalue weighted by Crippen LogP contribution is 2.59. The van der Waals surface area contributed by atoms with E-state index in [1.54, 1.807) is 18.2 Å². The molecule has 21 heavy (non-hydrogen) atoms. The van der Waals surface area contributed by atoms with Crippen molar-refractivity contribution in [1.29, 1.82) is 0 Å². The summed E-state index contributed by atoms with van der Waals surface area (Å²) in [5.41, 5.74) is 0.883. The molecule has 4 rings (SSSR count). The molecule has 0 amide bonds. The molecule has 4 nitrogen and oxygen atoms in total. The maximum Gasteiger partial charge on any atom is 0.238 e. The molecule has 3 fully saturated rings. The molecule has 0 saturated heterocycles. The molecule has 0 heterocycles. The SMILES string of the molecule is NS(=O)(=O)c1cccc(NC2CC3CC2C2CCCC32)c1. The van der Waals surface area contributed by atoms with Gasteiger partial charge in [-0.25, -0.2) is 13.6 Å². The molecule has 5 heteroatoms. The maximum absolute atomic E-state index is 11.4. The largest absolute Gasteiger partial charge is 0.382 e. The van der Waals surface area contributed by atoms with Crippen LogP contribution in [0.1, 0.15) is 32.1 Å². The van der Waals surface area contributed by atoms with Crippen molar-refractivity contribution >= 4 is 15.7 Å². The highest BCUT2D eigenvalue weighted by molar-refractivity contribution is 7.89. The fourth-order valence-electron chi connectivity index (χ4n) is 5.21. The van der Waals surface area contributed by atoms with Crippen molar-refractivity contribution in [3.05, 3.63) is 24.3 Å². The maximum atomic E-state index is 11.4. The molecule has 0 aromatic heterocycles. The van der Waals surface area contributed by atoms with Gasteiger partial charge >= 0.3 is 0 Å². The van der Waals surface area contributed by atoms with E-state index in [1.807, 2.05) is 6.07 Å². The van der Waals surface area contributed by atoms with Crippen molar-refractivity contribution in [1.82, 2.24) is 0 Å². The lowest BCUT2D eigenvalue weighted by Gasteiger charge is -2.32. The van der Waals surface area contributed by atoms with E-state index in [4.69, 9.17) is 5.14 Å². The van der Waals surface area contributed by atoms with E-state index in [2.05, 4.69) is 5.32 Å². The van der Waals surface area contributed by atoms with E-state index in [1.165, 1.54) is 32.1 Å². The van der Waals surface area contributed by atoms with Crippen LogP contribution in [0.5, 0.6) is 0 Å². The average Bonchev–Trinajstić information content (AvgIpc) is 3.09. The van der Waals surface area contributed by atoms with Gasteiger partial charge in [-0.2, -0.15) is 0 Å². The lowest BCUT2D eigenvalue weighted by molar-refractivity contribution is 0.243. The second-order valence-electron chi connectivity index (χ2n) is 6.98. The van der Waals surface area contributed by atoms with Crippen LogP contribution in [0.3, 0.4) is 0 Å². The van der Waals surface area contributed by atoms with Crippen molar-refractivity contribution < 1.29 is 8.42 Å². The number of hydrogen-bond acceptors (Lipinski definition) is 3. The van der Waals surface area contributed by atoms with Crippen molar-refractivity contribution in [3.63, 3.8) is 0 Å². The van der Waals surface area contributed by atoms with Crippen molar-refractivity contribution in [2.75, 3.05) is 5.32 Å². The average molecular weight is 306 g/mol. The third kappa shape index (κ3) is 2.27. The standard InChI is InChI=1S/C16H22N2O2S/c17-21(19,20)12-4-1-3-11(9-12)18-16-8-10-7-15(16)14-6-2-5-13(10)14/h1,3-4,9-10,13-16,18H,2,5-8H2,(H2,17,19,20). The molecule has 3 saturated carbocycles. The Labute approximate surface area is 126 Å². The van der Waals surface area contributed by atoms with Gasteiger partial charge in [-0.1, -0.05) is 12.5 Å². The summed E-state index contributed by atoms with van der Waals surface area (Å²) in [5.74, 6) is 3.55. The van der Waals surface area contributed by atoms with Crippen LogP contribution in [-0.4, -0.2) is 14.5 Å². The number of primary sulfonamides is 1. The van der Waals surface area contributed by atoms with E-state index in [0.29, 0.717) is 6.04 Å². The number of nitrogens with two attached hydrogens (primary N) is 1. The first-order valence-electron chi connectivity index (χ1n) is 7.92. The molecule has 0 aliphatic heterocycles. The quantitative estimate of drug-likeness (QED) is 0.901. The van der Waals surface area contributed by atoms with Gasteiger partial charge in [-0.3, -0.25) is 0 Å². The number of sulfonamides is 1. The summed E-state index contributed by atoms with van der Waals surface area (Å²) in [5, 5.41) is 8.79. The van der Waals surface area contributed by atoms with Crippen LogP contribution in [-0.2, 0) is 10.0 Å². The highest BCUT2D eigenvalue weighted by Gasteiger charge is 2.53. The van der Waals surface area contributed by atoms with Gasteiger partial charge < -0.3 is 5.32 Å². The fraction of sp³-hybridized carbons (Fsp3) is 0.625. The minimum atomic E-state index is -3.62. The molecule has 3 aliphatic rings. The van der Waals surface area contributed by atoms with Crippen molar-refractivity contribution in [2.45, 2.75) is 43.0 Å². The van der Waals surface area contributed by atoms with Crippen LogP contribution in [0.15, 0.2) is 29.2 Å². The molecule has 0 radical (unpaired) electrons. The van der Waals surface area contributed by atoms with E-state index < -0.39 is 10.0 Å². The number of benzene rings is 1. The molecule has 5 atom stereocenters. The molecule has 5 unspecified atom stereocenters. The molecule has 114 valence electrons. The first kappa shape index (κ1) is 13.6. The van der Waals surface area contributed by atoms with E-state index in [0.717, 1.165) is 29.4 Å². The van der Waals surface area contributed by atoms with E-state index in [9.17, 15) is 8.42 Å². The van der Waals surface area contributed by atoms with Gasteiger partial charge in [-0.15, -0.1) is 0 Å². The topological polar surface area (TPSA) is 72.2 Å². The Hall–Kier alpha value is -1.07. The number of fused-ring (bicyclic) bond motifs is 5. The number of hydrogen-bond donors (Lipinski definition) is 2. The van der Waals surface area contributed by atoms with Gasteiger partial charge in [0, 0.05) is 11.7 Å². The number of nitrogens with one attached hydrogen (secondary N) is 1. The summed E-state index contributed by atoms with van der Waals surface area (Å²) >= 11 is 0. The Morgan fingerprint density at radius 1 is 1.10 bits per heavy atom. The zero-order chi connectivity index (χ0) is 14.6. The lowest BCUT2D eigenvalue weighted by atomic mass is 9.79. The first-order chi connectivity index (χ1) is 10.0.